The van der Waals surface area contributed by atoms with Crippen molar-refractivity contribution < 1.29 is 9.59 Å². The number of hydrogen-bond acceptors (Lipinski definition) is 6. The molecule has 3 aromatic rings. The molecule has 0 saturated heterocycles. The molecule has 0 bridgehead atoms. The molecule has 1 saturated carbocycles. The third-order valence-electron chi connectivity index (χ3n) is 5.05. The number of carbonyl (C=O) groups excluding carboxylic acids is 2. The molecule has 152 valence electrons. The maximum absolute atomic E-state index is 12.7. The standard InChI is InChI=1S/C20H22N6O2.ClH/c1-25(2)19(28)16-9-14-11-22-20(23-17-8-7-13(12-27)10-21-17)24-18(14)26(16)15-5-3-4-6-15;/h7-12,15H,3-6H2,1-2H3,(H,21,22,23,24);1H. The molecular formula is C20H23ClN6O2. The average Bonchev–Trinajstić information content (AvgIpc) is 3.35. The maximum atomic E-state index is 12.7. The van der Waals surface area contributed by atoms with Crippen LogP contribution in [-0.2, 0) is 0 Å². The van der Waals surface area contributed by atoms with Gasteiger partial charge >= 0.3 is 0 Å². The molecule has 8 nitrogen and oxygen atoms in total. The Morgan fingerprint density at radius 1 is 1.21 bits per heavy atom. The van der Waals surface area contributed by atoms with E-state index in [-0.39, 0.29) is 24.4 Å². The first-order valence-corrected chi connectivity index (χ1v) is 9.34. The summed E-state index contributed by atoms with van der Waals surface area (Å²) in [6.07, 6.45) is 8.35. The first-order chi connectivity index (χ1) is 13.6. The van der Waals surface area contributed by atoms with Gasteiger partial charge in [0, 0.05) is 43.5 Å². The lowest BCUT2D eigenvalue weighted by molar-refractivity contribution is 0.0815. The highest BCUT2D eigenvalue weighted by atomic mass is 35.5. The second-order valence-electron chi connectivity index (χ2n) is 7.23. The SMILES string of the molecule is CN(C)C(=O)c1cc2cnc(Nc3ccc(C=O)cn3)nc2n1C1CCCC1.Cl. The van der Waals surface area contributed by atoms with E-state index >= 15 is 0 Å². The number of aldehydes is 1. The summed E-state index contributed by atoms with van der Waals surface area (Å²) in [5.41, 5.74) is 1.90. The molecule has 1 amide bonds. The number of aromatic nitrogens is 4. The minimum Gasteiger partial charge on any atom is -0.343 e. The van der Waals surface area contributed by atoms with Crippen molar-refractivity contribution >= 4 is 47.4 Å². The van der Waals surface area contributed by atoms with Crippen LogP contribution < -0.4 is 5.32 Å². The van der Waals surface area contributed by atoms with Crippen molar-refractivity contribution in [3.63, 3.8) is 0 Å². The van der Waals surface area contributed by atoms with Crippen molar-refractivity contribution in [2.45, 2.75) is 31.7 Å². The Hall–Kier alpha value is -3.00. The van der Waals surface area contributed by atoms with Gasteiger partial charge in [0.2, 0.25) is 5.95 Å². The molecule has 4 rings (SSSR count). The van der Waals surface area contributed by atoms with E-state index < -0.39 is 0 Å². The number of nitrogens with zero attached hydrogens (tertiary/aromatic N) is 5. The molecule has 29 heavy (non-hydrogen) atoms. The average molecular weight is 415 g/mol. The molecule has 0 radical (unpaired) electrons. The lowest BCUT2D eigenvalue weighted by Crippen LogP contribution is -2.25. The van der Waals surface area contributed by atoms with E-state index in [0.29, 0.717) is 23.0 Å². The lowest BCUT2D eigenvalue weighted by Gasteiger charge is -2.19. The van der Waals surface area contributed by atoms with Crippen molar-refractivity contribution in [3.8, 4) is 0 Å². The maximum Gasteiger partial charge on any atom is 0.270 e. The molecule has 1 aliphatic carbocycles. The van der Waals surface area contributed by atoms with E-state index in [1.54, 1.807) is 37.3 Å². The first-order valence-electron chi connectivity index (χ1n) is 9.34. The molecule has 0 unspecified atom stereocenters. The second-order valence-corrected chi connectivity index (χ2v) is 7.23. The van der Waals surface area contributed by atoms with Crippen molar-refractivity contribution in [2.75, 3.05) is 19.4 Å². The van der Waals surface area contributed by atoms with Crippen LogP contribution in [0, 0.1) is 0 Å². The van der Waals surface area contributed by atoms with Crippen LogP contribution in [0.2, 0.25) is 0 Å². The summed E-state index contributed by atoms with van der Waals surface area (Å²) in [5.74, 6) is 0.916. The fourth-order valence-corrected chi connectivity index (χ4v) is 3.66. The summed E-state index contributed by atoms with van der Waals surface area (Å²) in [7, 11) is 3.51. The van der Waals surface area contributed by atoms with Crippen LogP contribution in [0.5, 0.6) is 0 Å². The van der Waals surface area contributed by atoms with Gasteiger partial charge in [-0.05, 0) is 31.0 Å². The van der Waals surface area contributed by atoms with Gasteiger partial charge in [-0.3, -0.25) is 9.59 Å². The van der Waals surface area contributed by atoms with Crippen LogP contribution in [0.4, 0.5) is 11.8 Å². The molecule has 1 aliphatic rings. The van der Waals surface area contributed by atoms with Gasteiger partial charge in [0.25, 0.3) is 5.91 Å². The van der Waals surface area contributed by atoms with Crippen molar-refractivity contribution in [3.05, 3.63) is 41.9 Å². The summed E-state index contributed by atoms with van der Waals surface area (Å²) >= 11 is 0. The highest BCUT2D eigenvalue weighted by Crippen LogP contribution is 2.34. The zero-order valence-corrected chi connectivity index (χ0v) is 17.1. The normalized spacial score (nSPS) is 13.9. The number of pyridine rings is 1. The van der Waals surface area contributed by atoms with Gasteiger partial charge in [-0.1, -0.05) is 12.8 Å². The number of amides is 1. The highest BCUT2D eigenvalue weighted by Gasteiger charge is 2.26. The fourth-order valence-electron chi connectivity index (χ4n) is 3.66. The third kappa shape index (κ3) is 4.07. The minimum atomic E-state index is -0.0365. The zero-order valence-electron chi connectivity index (χ0n) is 16.3. The van der Waals surface area contributed by atoms with Gasteiger partial charge in [0.05, 0.1) is 0 Å². The van der Waals surface area contributed by atoms with Gasteiger partial charge in [0.1, 0.15) is 17.2 Å². The fraction of sp³-hybridized carbons (Fsp3) is 0.350. The molecule has 0 atom stereocenters. The number of carbonyl (C=O) groups is 2. The Balaban J connectivity index is 0.00000240. The van der Waals surface area contributed by atoms with E-state index in [9.17, 15) is 9.59 Å². The molecule has 1 fully saturated rings. The smallest absolute Gasteiger partial charge is 0.270 e. The summed E-state index contributed by atoms with van der Waals surface area (Å²) in [5, 5.41) is 3.91. The van der Waals surface area contributed by atoms with E-state index in [2.05, 4.69) is 24.8 Å². The number of rotatable bonds is 5. The van der Waals surface area contributed by atoms with Crippen LogP contribution in [0.25, 0.3) is 11.0 Å². The first kappa shape index (κ1) is 20.7. The van der Waals surface area contributed by atoms with E-state index in [1.165, 1.54) is 6.20 Å². The van der Waals surface area contributed by atoms with Crippen LogP contribution >= 0.6 is 12.4 Å². The predicted molar refractivity (Wildman–Crippen MR) is 113 cm³/mol. The quantitative estimate of drug-likeness (QED) is 0.641. The molecule has 3 aromatic heterocycles. The van der Waals surface area contributed by atoms with E-state index in [4.69, 9.17) is 0 Å². The Morgan fingerprint density at radius 3 is 2.59 bits per heavy atom. The molecule has 3 heterocycles. The van der Waals surface area contributed by atoms with E-state index in [0.717, 1.165) is 43.0 Å². The minimum absolute atomic E-state index is 0. The van der Waals surface area contributed by atoms with Gasteiger partial charge in [-0.15, -0.1) is 12.4 Å². The number of fused-ring (bicyclic) bond motifs is 1. The van der Waals surface area contributed by atoms with Crippen LogP contribution in [0.15, 0.2) is 30.6 Å². The highest BCUT2D eigenvalue weighted by molar-refractivity contribution is 5.97. The molecule has 1 N–H and O–H groups in total. The topological polar surface area (TPSA) is 93.0 Å². The van der Waals surface area contributed by atoms with Crippen molar-refractivity contribution in [1.29, 1.82) is 0 Å². The van der Waals surface area contributed by atoms with Gasteiger partial charge in [0.15, 0.2) is 6.29 Å². The Kier molecular flexibility index (Phi) is 6.12. The zero-order chi connectivity index (χ0) is 19.7. The lowest BCUT2D eigenvalue weighted by atomic mass is 10.2. The summed E-state index contributed by atoms with van der Waals surface area (Å²) in [6, 6.07) is 5.52. The Labute approximate surface area is 174 Å². The monoisotopic (exact) mass is 414 g/mol. The number of hydrogen-bond donors (Lipinski definition) is 1. The number of halogens is 1. The van der Waals surface area contributed by atoms with Crippen LogP contribution in [0.1, 0.15) is 52.6 Å². The van der Waals surface area contributed by atoms with Gasteiger partial charge in [-0.25, -0.2) is 9.97 Å². The second kappa shape index (κ2) is 8.57. The van der Waals surface area contributed by atoms with Gasteiger partial charge in [-0.2, -0.15) is 4.98 Å². The molecule has 0 aromatic carbocycles. The number of nitrogens with one attached hydrogen (secondary N) is 1. The summed E-state index contributed by atoms with van der Waals surface area (Å²) in [4.78, 5) is 38.3. The molecule has 9 heteroatoms. The van der Waals surface area contributed by atoms with Gasteiger partial charge < -0.3 is 14.8 Å². The summed E-state index contributed by atoms with van der Waals surface area (Å²) < 4.78 is 2.07. The molecular weight excluding hydrogens is 392 g/mol. The third-order valence-corrected chi connectivity index (χ3v) is 5.05. The van der Waals surface area contributed by atoms with Crippen LogP contribution in [-0.4, -0.2) is 50.7 Å². The van der Waals surface area contributed by atoms with Crippen molar-refractivity contribution in [2.24, 2.45) is 0 Å². The number of anilines is 2. The van der Waals surface area contributed by atoms with Crippen LogP contribution in [0.3, 0.4) is 0 Å². The van der Waals surface area contributed by atoms with E-state index in [1.807, 2.05) is 6.07 Å². The largest absolute Gasteiger partial charge is 0.343 e. The van der Waals surface area contributed by atoms with Crippen molar-refractivity contribution in [1.82, 2.24) is 24.4 Å². The molecule has 0 aliphatic heterocycles. The molecule has 0 spiro atoms. The summed E-state index contributed by atoms with van der Waals surface area (Å²) in [6.45, 7) is 0. The Bertz CT molecular complexity index is 1030. The Morgan fingerprint density at radius 2 is 1.97 bits per heavy atom. The predicted octanol–water partition coefficient (Wildman–Crippen LogP) is 3.62.